The smallest absolute Gasteiger partial charge is 0.137 e. The first-order valence-corrected chi connectivity index (χ1v) is 25.3. The van der Waals surface area contributed by atoms with Crippen molar-refractivity contribution in [1.29, 1.82) is 0 Å². The molecule has 1 aromatic heterocycles. The molecule has 11 aromatic carbocycles. The highest BCUT2D eigenvalue weighted by Gasteiger charge is 2.43. The van der Waals surface area contributed by atoms with Crippen molar-refractivity contribution >= 4 is 90.2 Å². The van der Waals surface area contributed by atoms with Crippen molar-refractivity contribution in [3.63, 3.8) is 0 Å². The molecule has 5 nitrogen and oxygen atoms in total. The number of fused-ring (bicyclic) bond motifs is 6. The molecule has 74 heavy (non-hydrogen) atoms. The van der Waals surface area contributed by atoms with Crippen LogP contribution in [0.3, 0.4) is 0 Å². The van der Waals surface area contributed by atoms with E-state index in [-0.39, 0.29) is 0 Å². The molecular formula is C69H52N4O. The summed E-state index contributed by atoms with van der Waals surface area (Å²) in [7, 11) is 0. The molecule has 5 heteroatoms. The minimum Gasteiger partial charge on any atom is -0.456 e. The van der Waals surface area contributed by atoms with Gasteiger partial charge in [0.2, 0.25) is 0 Å². The molecule has 0 N–H and O–H groups in total. The van der Waals surface area contributed by atoms with Crippen LogP contribution >= 0.6 is 0 Å². The fourth-order valence-corrected chi connectivity index (χ4v) is 11.2. The molecule has 0 spiro atoms. The predicted molar refractivity (Wildman–Crippen MR) is 310 cm³/mol. The van der Waals surface area contributed by atoms with Crippen LogP contribution in [0, 0.1) is 0 Å². The van der Waals surface area contributed by atoms with E-state index in [2.05, 4.69) is 300 Å². The maximum absolute atomic E-state index is 6.60. The van der Waals surface area contributed by atoms with Crippen LogP contribution in [-0.2, 0) is 5.41 Å². The van der Waals surface area contributed by atoms with Crippen molar-refractivity contribution in [3.8, 4) is 11.1 Å². The maximum Gasteiger partial charge on any atom is 0.137 e. The van der Waals surface area contributed by atoms with Gasteiger partial charge in [-0.15, -0.1) is 0 Å². The lowest BCUT2D eigenvalue weighted by molar-refractivity contribution is 0.661. The van der Waals surface area contributed by atoms with Gasteiger partial charge in [0, 0.05) is 84.7 Å². The molecule has 12 aromatic rings. The summed E-state index contributed by atoms with van der Waals surface area (Å²) in [6.07, 6.45) is 0. The number of furan rings is 1. The summed E-state index contributed by atoms with van der Waals surface area (Å²) in [6.45, 7) is 4.83. The van der Waals surface area contributed by atoms with E-state index in [0.717, 1.165) is 90.2 Å². The Morgan fingerprint density at radius 1 is 0.284 bits per heavy atom. The normalized spacial score (nSPS) is 12.3. The van der Waals surface area contributed by atoms with Crippen LogP contribution in [0.25, 0.3) is 33.1 Å². The van der Waals surface area contributed by atoms with Gasteiger partial charge in [0.1, 0.15) is 11.2 Å². The van der Waals surface area contributed by atoms with Gasteiger partial charge in [-0.05, 0) is 144 Å². The van der Waals surface area contributed by atoms with Crippen LogP contribution in [0.2, 0.25) is 0 Å². The lowest BCUT2D eigenvalue weighted by Gasteiger charge is -2.34. The fourth-order valence-electron chi connectivity index (χ4n) is 11.2. The van der Waals surface area contributed by atoms with E-state index in [4.69, 9.17) is 4.42 Å². The average molecular weight is 953 g/mol. The molecule has 0 saturated heterocycles. The number of para-hydroxylation sites is 8. The van der Waals surface area contributed by atoms with Gasteiger partial charge in [-0.1, -0.05) is 159 Å². The van der Waals surface area contributed by atoms with E-state index in [0.29, 0.717) is 0 Å². The largest absolute Gasteiger partial charge is 0.456 e. The molecule has 0 atom stereocenters. The quantitative estimate of drug-likeness (QED) is 0.122. The van der Waals surface area contributed by atoms with Crippen molar-refractivity contribution in [2.24, 2.45) is 0 Å². The Kier molecular flexibility index (Phi) is 11.1. The van der Waals surface area contributed by atoms with Crippen LogP contribution < -0.4 is 19.6 Å². The molecule has 1 aliphatic rings. The van der Waals surface area contributed by atoms with Gasteiger partial charge >= 0.3 is 0 Å². The van der Waals surface area contributed by atoms with E-state index in [1.165, 1.54) is 22.3 Å². The number of benzene rings is 11. The summed E-state index contributed by atoms with van der Waals surface area (Å²) in [5.74, 6) is 0. The summed E-state index contributed by atoms with van der Waals surface area (Å²) < 4.78 is 6.60. The Morgan fingerprint density at radius 2 is 0.649 bits per heavy atom. The van der Waals surface area contributed by atoms with E-state index in [9.17, 15) is 0 Å². The van der Waals surface area contributed by atoms with Gasteiger partial charge in [-0.3, -0.25) is 0 Å². The lowest BCUT2D eigenvalue weighted by atomic mass is 9.80. The molecule has 354 valence electrons. The van der Waals surface area contributed by atoms with Gasteiger partial charge in [0.15, 0.2) is 0 Å². The highest BCUT2D eigenvalue weighted by Crippen LogP contribution is 2.61. The minimum atomic E-state index is -0.542. The Bertz CT molecular complexity index is 3800. The molecule has 0 aliphatic heterocycles. The molecular weight excluding hydrogens is 901 g/mol. The number of anilines is 12. The van der Waals surface area contributed by atoms with Crippen LogP contribution in [0.1, 0.15) is 25.0 Å². The Balaban J connectivity index is 1.15. The Hall–Kier alpha value is -9.58. The lowest BCUT2D eigenvalue weighted by Crippen LogP contribution is -2.22. The van der Waals surface area contributed by atoms with Crippen molar-refractivity contribution in [3.05, 3.63) is 290 Å². The van der Waals surface area contributed by atoms with Gasteiger partial charge in [-0.2, -0.15) is 0 Å². The summed E-state index contributed by atoms with van der Waals surface area (Å²) in [4.78, 5) is 9.69. The second kappa shape index (κ2) is 18.5. The average Bonchev–Trinajstić information content (AvgIpc) is 3.94. The highest BCUT2D eigenvalue weighted by molar-refractivity contribution is 6.07. The van der Waals surface area contributed by atoms with Gasteiger partial charge < -0.3 is 24.0 Å². The van der Waals surface area contributed by atoms with Crippen LogP contribution in [-0.4, -0.2) is 0 Å². The molecule has 0 radical (unpaired) electrons. The number of rotatable bonds is 12. The van der Waals surface area contributed by atoms with Crippen LogP contribution in [0.15, 0.2) is 283 Å². The van der Waals surface area contributed by atoms with E-state index in [1.54, 1.807) is 0 Å². The summed E-state index contributed by atoms with van der Waals surface area (Å²) in [5.41, 5.74) is 18.6. The Labute approximate surface area is 432 Å². The zero-order valence-corrected chi connectivity index (χ0v) is 41.3. The zero-order chi connectivity index (χ0) is 49.6. The summed E-state index contributed by atoms with van der Waals surface area (Å²) in [6, 6.07) is 100. The molecule has 0 saturated carbocycles. The fraction of sp³-hybridized carbons (Fsp3) is 0.0435. The van der Waals surface area contributed by atoms with Crippen molar-refractivity contribution in [2.45, 2.75) is 19.3 Å². The minimum absolute atomic E-state index is 0.542. The standard InChI is InChI=1S/C69H52N4O/c1-69(2)62-45-58(71(51-30-14-5-15-31-51)56-42-43-60-59-40-24-25-41-65(59)74-66(60)48-56)46-63(72(52-32-16-6-17-33-52)53-34-18-7-19-35-53)67(62)61-44-57(70(49-26-10-3-11-27-49)50-28-12-4-13-29-50)47-64(68(61)69)73(54-36-20-8-21-37-54)55-38-22-9-23-39-55/h3-48H,1-2H3. The van der Waals surface area contributed by atoms with E-state index >= 15 is 0 Å². The van der Waals surface area contributed by atoms with Crippen LogP contribution in [0.5, 0.6) is 0 Å². The number of hydrogen-bond acceptors (Lipinski definition) is 5. The first-order valence-electron chi connectivity index (χ1n) is 25.3. The van der Waals surface area contributed by atoms with Gasteiger partial charge in [-0.25, -0.2) is 0 Å². The third kappa shape index (κ3) is 7.74. The number of nitrogens with zero attached hydrogens (tertiary/aromatic N) is 4. The van der Waals surface area contributed by atoms with Crippen molar-refractivity contribution in [1.82, 2.24) is 0 Å². The van der Waals surface area contributed by atoms with Crippen molar-refractivity contribution in [2.75, 3.05) is 19.6 Å². The monoisotopic (exact) mass is 952 g/mol. The molecule has 0 bridgehead atoms. The molecule has 0 unspecified atom stereocenters. The third-order valence-electron chi connectivity index (χ3n) is 14.5. The second-order valence-electron chi connectivity index (χ2n) is 19.4. The predicted octanol–water partition coefficient (Wildman–Crippen LogP) is 19.8. The summed E-state index contributed by atoms with van der Waals surface area (Å²) in [5, 5.41) is 2.20. The molecule has 0 fully saturated rings. The second-order valence-corrected chi connectivity index (χ2v) is 19.4. The molecule has 13 rings (SSSR count). The molecule has 1 aliphatic carbocycles. The zero-order valence-electron chi connectivity index (χ0n) is 41.3. The number of hydrogen-bond donors (Lipinski definition) is 0. The van der Waals surface area contributed by atoms with E-state index in [1.807, 2.05) is 12.1 Å². The third-order valence-corrected chi connectivity index (χ3v) is 14.5. The first-order chi connectivity index (χ1) is 36.5. The first kappa shape index (κ1) is 44.4. The highest BCUT2D eigenvalue weighted by atomic mass is 16.3. The van der Waals surface area contributed by atoms with Crippen LogP contribution in [0.4, 0.5) is 68.2 Å². The molecule has 0 amide bonds. The van der Waals surface area contributed by atoms with E-state index < -0.39 is 5.41 Å². The SMILES string of the molecule is CC1(C)c2cc(N(c3ccccc3)c3ccc4c(c3)oc3ccccc34)cc(N(c3ccccc3)c3ccccc3)c2-c2cc(N(c3ccccc3)c3ccccc3)cc(N(c3ccccc3)c3ccccc3)c21. The topological polar surface area (TPSA) is 26.1 Å². The molecule has 1 heterocycles. The Morgan fingerprint density at radius 3 is 1.12 bits per heavy atom. The maximum atomic E-state index is 6.60. The van der Waals surface area contributed by atoms with Gasteiger partial charge in [0.25, 0.3) is 0 Å². The summed E-state index contributed by atoms with van der Waals surface area (Å²) >= 11 is 0. The van der Waals surface area contributed by atoms with Gasteiger partial charge in [0.05, 0.1) is 11.4 Å². The van der Waals surface area contributed by atoms with Crippen molar-refractivity contribution < 1.29 is 4.42 Å².